The number of aliphatic carboxylic acids is 1. The first-order valence-corrected chi connectivity index (χ1v) is 9.31. The molecule has 0 spiro atoms. The van der Waals surface area contributed by atoms with Crippen LogP contribution >= 0.6 is 0 Å². The highest BCUT2D eigenvalue weighted by Crippen LogP contribution is 2.22. The van der Waals surface area contributed by atoms with E-state index in [1.807, 2.05) is 6.92 Å². The number of carboxylic acid groups (broad SMARTS) is 1. The fourth-order valence-electron chi connectivity index (χ4n) is 3.18. The van der Waals surface area contributed by atoms with E-state index in [-0.39, 0.29) is 0 Å². The van der Waals surface area contributed by atoms with Crippen molar-refractivity contribution in [3.8, 4) is 0 Å². The molecule has 0 aliphatic carbocycles. The molecule has 1 aliphatic heterocycles. The number of amides is 1. The number of ether oxygens (including phenoxy) is 1. The Kier molecular flexibility index (Phi) is 8.06. The van der Waals surface area contributed by atoms with Crippen molar-refractivity contribution in [1.82, 2.24) is 5.06 Å². The molecule has 1 heterocycles. The van der Waals surface area contributed by atoms with Crippen LogP contribution in [0, 0.1) is 12.8 Å². The summed E-state index contributed by atoms with van der Waals surface area (Å²) in [5.41, 5.74) is 2.39. The Balaban J connectivity index is 1.89. The van der Waals surface area contributed by atoms with Crippen LogP contribution in [0.5, 0.6) is 0 Å². The fraction of sp³-hybridized carbons (Fsp3) is 0.600. The Morgan fingerprint density at radius 3 is 2.69 bits per heavy atom. The zero-order valence-corrected chi connectivity index (χ0v) is 15.6. The van der Waals surface area contributed by atoms with E-state index in [9.17, 15) is 14.7 Å². The van der Waals surface area contributed by atoms with Crippen LogP contribution in [-0.4, -0.2) is 41.5 Å². The molecule has 1 N–H and O–H groups in total. The summed E-state index contributed by atoms with van der Waals surface area (Å²) in [5.74, 6) is -1.60. The highest BCUT2D eigenvalue weighted by molar-refractivity contribution is 5.71. The summed E-state index contributed by atoms with van der Waals surface area (Å²) in [6.45, 7) is 4.35. The van der Waals surface area contributed by atoms with Gasteiger partial charge in [-0.2, -0.15) is 0 Å². The van der Waals surface area contributed by atoms with E-state index in [4.69, 9.17) is 9.57 Å². The number of carbonyl (C=O) groups is 2. The molecule has 3 atom stereocenters. The predicted octanol–water partition coefficient (Wildman–Crippen LogP) is 3.32. The van der Waals surface area contributed by atoms with Crippen LogP contribution < -0.4 is 0 Å². The van der Waals surface area contributed by atoms with Crippen LogP contribution in [0.15, 0.2) is 24.3 Å². The van der Waals surface area contributed by atoms with E-state index in [1.165, 1.54) is 11.1 Å². The van der Waals surface area contributed by atoms with E-state index in [2.05, 4.69) is 24.3 Å². The van der Waals surface area contributed by atoms with Crippen molar-refractivity contribution in [2.45, 2.75) is 64.7 Å². The quantitative estimate of drug-likeness (QED) is 0.510. The van der Waals surface area contributed by atoms with Gasteiger partial charge in [0.15, 0.2) is 6.29 Å². The average Bonchev–Trinajstić information content (AvgIpc) is 2.65. The monoisotopic (exact) mass is 363 g/mol. The highest BCUT2D eigenvalue weighted by atomic mass is 16.8. The summed E-state index contributed by atoms with van der Waals surface area (Å²) in [6, 6.07) is 7.68. The second-order valence-electron chi connectivity index (χ2n) is 6.93. The Hall–Kier alpha value is -1.92. The molecule has 0 saturated carbocycles. The molecule has 0 bridgehead atoms. The maximum atomic E-state index is 11.7. The van der Waals surface area contributed by atoms with E-state index in [1.54, 1.807) is 6.92 Å². The van der Waals surface area contributed by atoms with Gasteiger partial charge in [0, 0.05) is 13.0 Å². The number of nitrogens with zero attached hydrogens (tertiary/aromatic N) is 1. The molecule has 6 nitrogen and oxygen atoms in total. The second-order valence-corrected chi connectivity index (χ2v) is 6.93. The van der Waals surface area contributed by atoms with Crippen LogP contribution in [0.3, 0.4) is 0 Å². The lowest BCUT2D eigenvalue weighted by Gasteiger charge is -2.33. The van der Waals surface area contributed by atoms with Crippen LogP contribution in [0.1, 0.15) is 50.2 Å². The van der Waals surface area contributed by atoms with Gasteiger partial charge >= 0.3 is 5.97 Å². The zero-order valence-electron chi connectivity index (χ0n) is 15.6. The SMILES string of the molecule is Cc1ccc(CCC[C@@H](C(=O)O)[C@H](C)N(C=O)OC2CCCCO2)cc1. The van der Waals surface area contributed by atoms with E-state index < -0.39 is 24.2 Å². The van der Waals surface area contributed by atoms with Crippen molar-refractivity contribution in [3.05, 3.63) is 35.4 Å². The smallest absolute Gasteiger partial charge is 0.308 e. The lowest BCUT2D eigenvalue weighted by atomic mass is 9.93. The largest absolute Gasteiger partial charge is 0.481 e. The second kappa shape index (κ2) is 10.3. The number of carboxylic acids is 1. The van der Waals surface area contributed by atoms with Gasteiger partial charge in [0.25, 0.3) is 0 Å². The maximum absolute atomic E-state index is 11.7. The van der Waals surface area contributed by atoms with Crippen molar-refractivity contribution < 1.29 is 24.3 Å². The van der Waals surface area contributed by atoms with Crippen LogP contribution in [0.25, 0.3) is 0 Å². The van der Waals surface area contributed by atoms with E-state index >= 15 is 0 Å². The standard InChI is InChI=1S/C20H29NO5/c1-15-9-11-17(12-10-15)6-5-7-18(20(23)24)16(2)21(14-22)26-19-8-3-4-13-25-19/h9-12,14,16,18-19H,3-8,13H2,1-2H3,(H,23,24)/t16-,18+,19?/m0/s1. The lowest BCUT2D eigenvalue weighted by Crippen LogP contribution is -2.44. The van der Waals surface area contributed by atoms with Crippen LogP contribution in [0.4, 0.5) is 0 Å². The van der Waals surface area contributed by atoms with Crippen LogP contribution in [-0.2, 0) is 25.6 Å². The first-order valence-electron chi connectivity index (χ1n) is 9.31. The Morgan fingerprint density at radius 2 is 2.12 bits per heavy atom. The van der Waals surface area contributed by atoms with Crippen molar-refractivity contribution in [3.63, 3.8) is 0 Å². The molecule has 144 valence electrons. The van der Waals surface area contributed by atoms with Crippen molar-refractivity contribution >= 4 is 12.4 Å². The molecule has 1 fully saturated rings. The third-order valence-corrected chi connectivity index (χ3v) is 4.88. The summed E-state index contributed by atoms with van der Waals surface area (Å²) in [6.07, 6.45) is 4.77. The Labute approximate surface area is 155 Å². The third kappa shape index (κ3) is 6.11. The normalized spacial score (nSPS) is 19.5. The van der Waals surface area contributed by atoms with E-state index in [0.717, 1.165) is 30.7 Å². The summed E-state index contributed by atoms with van der Waals surface area (Å²) >= 11 is 0. The van der Waals surface area contributed by atoms with Gasteiger partial charge in [-0.3, -0.25) is 9.59 Å². The summed E-state index contributed by atoms with van der Waals surface area (Å²) in [5, 5.41) is 10.7. The Bertz CT molecular complexity index is 568. The minimum atomic E-state index is -0.915. The molecule has 6 heteroatoms. The van der Waals surface area contributed by atoms with Gasteiger partial charge in [-0.1, -0.05) is 29.8 Å². The first kappa shape index (κ1) is 20.4. The molecule has 0 radical (unpaired) electrons. The highest BCUT2D eigenvalue weighted by Gasteiger charge is 2.31. The first-order chi connectivity index (χ1) is 12.5. The molecule has 2 rings (SSSR count). The summed E-state index contributed by atoms with van der Waals surface area (Å²) in [4.78, 5) is 28.7. The molecule has 1 aromatic rings. The lowest BCUT2D eigenvalue weighted by molar-refractivity contribution is -0.288. The third-order valence-electron chi connectivity index (χ3n) is 4.88. The number of hydroxylamine groups is 2. The van der Waals surface area contributed by atoms with Gasteiger partial charge in [0.1, 0.15) is 0 Å². The van der Waals surface area contributed by atoms with E-state index in [0.29, 0.717) is 25.9 Å². The molecule has 1 aliphatic rings. The van der Waals surface area contributed by atoms with Gasteiger partial charge < -0.3 is 9.84 Å². The van der Waals surface area contributed by atoms with Gasteiger partial charge in [0.05, 0.1) is 12.0 Å². The number of aryl methyl sites for hydroxylation is 2. The zero-order chi connectivity index (χ0) is 18.9. The minimum Gasteiger partial charge on any atom is -0.481 e. The molecular formula is C20H29NO5. The van der Waals surface area contributed by atoms with Crippen LogP contribution in [0.2, 0.25) is 0 Å². The number of hydrogen-bond acceptors (Lipinski definition) is 4. The molecule has 1 unspecified atom stereocenters. The number of rotatable bonds is 10. The van der Waals surface area contributed by atoms with Crippen molar-refractivity contribution in [2.24, 2.45) is 5.92 Å². The van der Waals surface area contributed by atoms with Crippen molar-refractivity contribution in [1.29, 1.82) is 0 Å². The summed E-state index contributed by atoms with van der Waals surface area (Å²) < 4.78 is 5.48. The molecule has 1 aromatic carbocycles. The average molecular weight is 363 g/mol. The van der Waals surface area contributed by atoms with Gasteiger partial charge in [0.2, 0.25) is 6.41 Å². The fourth-order valence-corrected chi connectivity index (χ4v) is 3.18. The summed E-state index contributed by atoms with van der Waals surface area (Å²) in [7, 11) is 0. The molecule has 1 saturated heterocycles. The number of hydrogen-bond donors (Lipinski definition) is 1. The predicted molar refractivity (Wildman–Crippen MR) is 97.3 cm³/mol. The van der Waals surface area contributed by atoms with Crippen molar-refractivity contribution in [2.75, 3.05) is 6.61 Å². The number of benzene rings is 1. The van der Waals surface area contributed by atoms with Gasteiger partial charge in [-0.05, 0) is 51.5 Å². The van der Waals surface area contributed by atoms with Gasteiger partial charge in [-0.15, -0.1) is 0 Å². The molecular weight excluding hydrogens is 334 g/mol. The molecule has 0 aromatic heterocycles. The Morgan fingerprint density at radius 1 is 1.38 bits per heavy atom. The maximum Gasteiger partial charge on any atom is 0.308 e. The molecule has 26 heavy (non-hydrogen) atoms. The topological polar surface area (TPSA) is 76.1 Å². The van der Waals surface area contributed by atoms with Gasteiger partial charge in [-0.25, -0.2) is 9.90 Å². The molecule has 1 amide bonds. The number of carbonyl (C=O) groups excluding carboxylic acids is 1. The minimum absolute atomic E-state index is 0.474.